The van der Waals surface area contributed by atoms with Gasteiger partial charge in [0.25, 0.3) is 5.91 Å². The van der Waals surface area contributed by atoms with Crippen molar-refractivity contribution in [2.75, 3.05) is 0 Å². The SMILES string of the molecule is O=C1NC(O)c2c1n1c3ccccc3cc1c1[nH]c3ccccc3c21. The highest BCUT2D eigenvalue weighted by atomic mass is 16.3. The first kappa shape index (κ1) is 13.0. The van der Waals surface area contributed by atoms with Crippen molar-refractivity contribution in [1.82, 2.24) is 14.7 Å². The molecule has 2 aromatic carbocycles. The molecular formula is C20H13N3O2. The number of amides is 1. The third kappa shape index (κ3) is 1.45. The van der Waals surface area contributed by atoms with Crippen LogP contribution in [0.25, 0.3) is 38.2 Å². The Morgan fingerprint density at radius 2 is 1.80 bits per heavy atom. The van der Waals surface area contributed by atoms with E-state index >= 15 is 0 Å². The average molecular weight is 327 g/mol. The second-order valence-electron chi connectivity index (χ2n) is 6.48. The number of carbonyl (C=O) groups excluding carboxylic acids is 1. The molecular weight excluding hydrogens is 314 g/mol. The zero-order valence-electron chi connectivity index (χ0n) is 13.1. The first-order valence-electron chi connectivity index (χ1n) is 8.19. The standard InChI is InChI=1S/C20H13N3O2/c24-19-16-15-11-6-2-3-7-12(11)21-17(15)14-9-10-5-1-4-8-13(10)23(14)18(16)20(25)22-19/h1-9,19,21,24H,(H,22,25). The van der Waals surface area contributed by atoms with Crippen LogP contribution in [0, 0.1) is 0 Å². The number of H-pyrrole nitrogens is 1. The molecule has 0 bridgehead atoms. The third-order valence-electron chi connectivity index (χ3n) is 5.18. The molecule has 1 aliphatic heterocycles. The molecule has 5 heteroatoms. The summed E-state index contributed by atoms with van der Waals surface area (Å²) < 4.78 is 1.95. The fraction of sp³-hybridized carbons (Fsp3) is 0.0500. The monoisotopic (exact) mass is 327 g/mol. The molecule has 1 unspecified atom stereocenters. The maximum atomic E-state index is 12.6. The summed E-state index contributed by atoms with van der Waals surface area (Å²) in [5, 5.41) is 16.2. The first-order valence-corrected chi connectivity index (χ1v) is 8.19. The number of fused-ring (bicyclic) bond motifs is 10. The molecule has 5 aromatic rings. The zero-order valence-corrected chi connectivity index (χ0v) is 13.1. The Hall–Kier alpha value is -3.31. The van der Waals surface area contributed by atoms with Gasteiger partial charge < -0.3 is 19.8 Å². The number of hydrogen-bond donors (Lipinski definition) is 3. The molecule has 0 saturated heterocycles. The number of aromatic nitrogens is 2. The molecule has 0 aliphatic carbocycles. The van der Waals surface area contributed by atoms with E-state index in [1.54, 1.807) is 0 Å². The maximum Gasteiger partial charge on any atom is 0.271 e. The predicted octanol–water partition coefficient (Wildman–Crippen LogP) is 3.46. The normalized spacial score (nSPS) is 17.0. The van der Waals surface area contributed by atoms with Crippen molar-refractivity contribution in [1.29, 1.82) is 0 Å². The highest BCUT2D eigenvalue weighted by Gasteiger charge is 2.34. The lowest BCUT2D eigenvalue weighted by Gasteiger charge is -2.09. The Morgan fingerprint density at radius 3 is 2.72 bits per heavy atom. The van der Waals surface area contributed by atoms with E-state index in [1.165, 1.54) is 0 Å². The number of aliphatic hydroxyl groups excluding tert-OH is 1. The van der Waals surface area contributed by atoms with Gasteiger partial charge in [0.05, 0.1) is 16.6 Å². The van der Waals surface area contributed by atoms with Gasteiger partial charge >= 0.3 is 0 Å². The number of rotatable bonds is 0. The Labute approximate surface area is 141 Å². The van der Waals surface area contributed by atoms with Crippen LogP contribution in [0.5, 0.6) is 0 Å². The van der Waals surface area contributed by atoms with Crippen molar-refractivity contribution < 1.29 is 9.90 Å². The summed E-state index contributed by atoms with van der Waals surface area (Å²) in [5.74, 6) is -0.249. The minimum atomic E-state index is -1.00. The largest absolute Gasteiger partial charge is 0.369 e. The third-order valence-corrected chi connectivity index (χ3v) is 5.18. The van der Waals surface area contributed by atoms with E-state index in [2.05, 4.69) is 16.4 Å². The molecule has 6 rings (SSSR count). The molecule has 25 heavy (non-hydrogen) atoms. The second-order valence-corrected chi connectivity index (χ2v) is 6.48. The highest BCUT2D eigenvalue weighted by Crippen LogP contribution is 2.40. The van der Waals surface area contributed by atoms with Crippen molar-refractivity contribution in [3.05, 3.63) is 65.9 Å². The smallest absolute Gasteiger partial charge is 0.271 e. The Kier molecular flexibility index (Phi) is 2.19. The van der Waals surface area contributed by atoms with Crippen LogP contribution in [-0.2, 0) is 0 Å². The topological polar surface area (TPSA) is 69.5 Å². The highest BCUT2D eigenvalue weighted by molar-refractivity contribution is 6.19. The molecule has 1 amide bonds. The number of carbonyl (C=O) groups is 1. The molecule has 5 nitrogen and oxygen atoms in total. The quantitative estimate of drug-likeness (QED) is 0.408. The molecule has 3 N–H and O–H groups in total. The van der Waals surface area contributed by atoms with Gasteiger partial charge in [-0.2, -0.15) is 0 Å². The molecule has 0 spiro atoms. The molecule has 0 fully saturated rings. The molecule has 120 valence electrons. The summed E-state index contributed by atoms with van der Waals surface area (Å²) in [6.07, 6.45) is -1.00. The van der Waals surface area contributed by atoms with Crippen molar-refractivity contribution in [3.8, 4) is 0 Å². The van der Waals surface area contributed by atoms with Crippen molar-refractivity contribution in [2.45, 2.75) is 6.23 Å². The zero-order chi connectivity index (χ0) is 16.7. The van der Waals surface area contributed by atoms with Crippen LogP contribution in [0.1, 0.15) is 22.3 Å². The van der Waals surface area contributed by atoms with Crippen LogP contribution < -0.4 is 5.32 Å². The van der Waals surface area contributed by atoms with Gasteiger partial charge in [0.2, 0.25) is 0 Å². The van der Waals surface area contributed by atoms with Gasteiger partial charge in [-0.05, 0) is 18.2 Å². The van der Waals surface area contributed by atoms with Gasteiger partial charge in [0, 0.05) is 27.2 Å². The number of para-hydroxylation sites is 2. The summed E-state index contributed by atoms with van der Waals surface area (Å²) in [5.41, 5.74) is 4.98. The van der Waals surface area contributed by atoms with Gasteiger partial charge in [-0.25, -0.2) is 0 Å². The van der Waals surface area contributed by atoms with Crippen molar-refractivity contribution in [2.24, 2.45) is 0 Å². The average Bonchev–Trinajstić information content (AvgIpc) is 3.26. The Bertz CT molecular complexity index is 1360. The number of nitrogens with zero attached hydrogens (tertiary/aromatic N) is 1. The summed E-state index contributed by atoms with van der Waals surface area (Å²) in [4.78, 5) is 16.1. The van der Waals surface area contributed by atoms with E-state index in [1.807, 2.05) is 52.9 Å². The van der Waals surface area contributed by atoms with E-state index in [0.29, 0.717) is 11.3 Å². The fourth-order valence-electron chi connectivity index (χ4n) is 4.19. The minimum absolute atomic E-state index is 0.249. The molecule has 0 radical (unpaired) electrons. The van der Waals surface area contributed by atoms with Gasteiger partial charge in [-0.3, -0.25) is 4.79 Å². The van der Waals surface area contributed by atoms with Crippen molar-refractivity contribution in [3.63, 3.8) is 0 Å². The van der Waals surface area contributed by atoms with Crippen LogP contribution in [0.3, 0.4) is 0 Å². The van der Waals surface area contributed by atoms with Crippen molar-refractivity contribution >= 4 is 44.1 Å². The fourth-order valence-corrected chi connectivity index (χ4v) is 4.19. The first-order chi connectivity index (χ1) is 12.2. The summed E-state index contributed by atoms with van der Waals surface area (Å²) in [6.45, 7) is 0. The number of pyridine rings is 1. The second kappa shape index (κ2) is 4.20. The number of hydrogen-bond acceptors (Lipinski definition) is 2. The Morgan fingerprint density at radius 1 is 1.00 bits per heavy atom. The van der Waals surface area contributed by atoms with Crippen LogP contribution in [0.4, 0.5) is 0 Å². The number of aliphatic hydroxyl groups is 1. The van der Waals surface area contributed by atoms with E-state index in [0.717, 1.165) is 38.2 Å². The van der Waals surface area contributed by atoms with Crippen LogP contribution in [0.15, 0.2) is 54.6 Å². The van der Waals surface area contributed by atoms with Crippen LogP contribution >= 0.6 is 0 Å². The lowest BCUT2D eigenvalue weighted by molar-refractivity contribution is 0.0849. The Balaban J connectivity index is 2.02. The molecule has 4 heterocycles. The molecule has 1 atom stereocenters. The summed E-state index contributed by atoms with van der Waals surface area (Å²) in [7, 11) is 0. The van der Waals surface area contributed by atoms with Gasteiger partial charge in [0.1, 0.15) is 5.69 Å². The maximum absolute atomic E-state index is 12.6. The van der Waals surface area contributed by atoms with E-state index in [-0.39, 0.29) is 5.91 Å². The minimum Gasteiger partial charge on any atom is -0.369 e. The van der Waals surface area contributed by atoms with Crippen LogP contribution in [0.2, 0.25) is 0 Å². The molecule has 0 saturated carbocycles. The number of aromatic amines is 1. The molecule has 1 aliphatic rings. The van der Waals surface area contributed by atoms with Gasteiger partial charge in [0.15, 0.2) is 6.23 Å². The van der Waals surface area contributed by atoms with Gasteiger partial charge in [-0.15, -0.1) is 0 Å². The summed E-state index contributed by atoms with van der Waals surface area (Å²) in [6, 6.07) is 18.0. The number of benzene rings is 2. The van der Waals surface area contributed by atoms with E-state index in [4.69, 9.17) is 0 Å². The van der Waals surface area contributed by atoms with Gasteiger partial charge in [-0.1, -0.05) is 36.4 Å². The molecule has 3 aromatic heterocycles. The lowest BCUT2D eigenvalue weighted by Crippen LogP contribution is -2.19. The predicted molar refractivity (Wildman–Crippen MR) is 96.7 cm³/mol. The van der Waals surface area contributed by atoms with E-state index in [9.17, 15) is 9.90 Å². The van der Waals surface area contributed by atoms with E-state index < -0.39 is 6.23 Å². The number of nitrogens with one attached hydrogen (secondary N) is 2. The lowest BCUT2D eigenvalue weighted by atomic mass is 10.0. The van der Waals surface area contributed by atoms with Crippen LogP contribution in [-0.4, -0.2) is 20.4 Å². The summed E-state index contributed by atoms with van der Waals surface area (Å²) >= 11 is 0.